The van der Waals surface area contributed by atoms with Crippen LogP contribution in [0.15, 0.2) is 35.1 Å². The van der Waals surface area contributed by atoms with E-state index in [0.717, 1.165) is 34.8 Å². The van der Waals surface area contributed by atoms with Gasteiger partial charge in [-0.25, -0.2) is 9.69 Å². The van der Waals surface area contributed by atoms with Gasteiger partial charge in [-0.05, 0) is 32.4 Å². The van der Waals surface area contributed by atoms with Crippen LogP contribution in [0.25, 0.3) is 0 Å². The Balaban J connectivity index is 1.50. The Morgan fingerprint density at radius 1 is 1.14 bits per heavy atom. The van der Waals surface area contributed by atoms with Gasteiger partial charge in [0.05, 0.1) is 36.4 Å². The lowest BCUT2D eigenvalue weighted by molar-refractivity contribution is -0.116. The average molecular weight is 394 g/mol. The fourth-order valence-electron chi connectivity index (χ4n) is 3.38. The molecule has 0 atom stereocenters. The van der Waals surface area contributed by atoms with Crippen molar-refractivity contribution in [2.75, 3.05) is 11.4 Å². The van der Waals surface area contributed by atoms with Crippen LogP contribution in [0.1, 0.15) is 35.3 Å². The Morgan fingerprint density at radius 2 is 1.93 bits per heavy atom. The molecular formula is C20H22N6O3. The van der Waals surface area contributed by atoms with E-state index in [1.807, 2.05) is 39.0 Å². The second-order valence-corrected chi connectivity index (χ2v) is 7.04. The molecular weight excluding hydrogens is 372 g/mol. The second kappa shape index (κ2) is 7.50. The molecule has 3 aromatic rings. The van der Waals surface area contributed by atoms with Gasteiger partial charge in [0.15, 0.2) is 0 Å². The molecule has 0 aliphatic carbocycles. The number of aromatic nitrogens is 4. The number of hydrogen-bond acceptors (Lipinski definition) is 6. The minimum atomic E-state index is -0.365. The number of carbonyl (C=O) groups is 2. The van der Waals surface area contributed by atoms with Crippen LogP contribution < -0.4 is 4.90 Å². The van der Waals surface area contributed by atoms with Crippen molar-refractivity contribution in [2.24, 2.45) is 0 Å². The zero-order valence-corrected chi connectivity index (χ0v) is 16.6. The molecule has 4 rings (SSSR count). The number of anilines is 1. The smallest absolute Gasteiger partial charge is 0.332 e. The fraction of sp³-hybridized carbons (Fsp3) is 0.350. The lowest BCUT2D eigenvalue weighted by Crippen LogP contribution is -2.32. The number of hydrogen-bond donors (Lipinski definition) is 0. The molecule has 0 bridgehead atoms. The maximum Gasteiger partial charge on any atom is 0.332 e. The molecule has 1 saturated heterocycles. The first-order valence-corrected chi connectivity index (χ1v) is 9.47. The van der Waals surface area contributed by atoms with Crippen molar-refractivity contribution in [3.63, 3.8) is 0 Å². The minimum absolute atomic E-state index is 0.0198. The number of pyridine rings is 1. The van der Waals surface area contributed by atoms with E-state index < -0.39 is 0 Å². The summed E-state index contributed by atoms with van der Waals surface area (Å²) in [6, 6.07) is 5.36. The first-order valence-electron chi connectivity index (χ1n) is 9.47. The van der Waals surface area contributed by atoms with Gasteiger partial charge in [0, 0.05) is 17.5 Å². The van der Waals surface area contributed by atoms with Crippen LogP contribution in [0.2, 0.25) is 0 Å². The third-order valence-corrected chi connectivity index (χ3v) is 5.00. The summed E-state index contributed by atoms with van der Waals surface area (Å²) in [4.78, 5) is 32.6. The molecule has 9 heteroatoms. The molecule has 0 saturated carbocycles. The van der Waals surface area contributed by atoms with Crippen LogP contribution in [0.3, 0.4) is 0 Å². The van der Waals surface area contributed by atoms with E-state index in [9.17, 15) is 9.59 Å². The Hall–Kier alpha value is -3.49. The van der Waals surface area contributed by atoms with Gasteiger partial charge < -0.3 is 9.42 Å². The Labute approximate surface area is 167 Å². The largest absolute Gasteiger partial charge is 0.361 e. The van der Waals surface area contributed by atoms with E-state index in [-0.39, 0.29) is 18.5 Å². The summed E-state index contributed by atoms with van der Waals surface area (Å²) < 4.78 is 6.84. The van der Waals surface area contributed by atoms with Crippen molar-refractivity contribution in [2.45, 2.75) is 40.3 Å². The molecule has 0 N–H and O–H groups in total. The summed E-state index contributed by atoms with van der Waals surface area (Å²) in [5, 5.41) is 8.22. The van der Waals surface area contributed by atoms with Crippen molar-refractivity contribution in [1.82, 2.24) is 24.8 Å². The van der Waals surface area contributed by atoms with Gasteiger partial charge in [-0.1, -0.05) is 18.1 Å². The van der Waals surface area contributed by atoms with Crippen LogP contribution in [0, 0.1) is 13.8 Å². The van der Waals surface area contributed by atoms with E-state index in [0.29, 0.717) is 18.8 Å². The first-order chi connectivity index (χ1) is 14.0. The third-order valence-electron chi connectivity index (χ3n) is 5.00. The van der Waals surface area contributed by atoms with Gasteiger partial charge in [-0.3, -0.25) is 14.5 Å². The molecule has 1 fully saturated rings. The number of nitrogens with zero attached hydrogens (tertiary/aromatic N) is 6. The van der Waals surface area contributed by atoms with Gasteiger partial charge in [-0.15, -0.1) is 0 Å². The summed E-state index contributed by atoms with van der Waals surface area (Å²) in [5.74, 6) is 0.444. The minimum Gasteiger partial charge on any atom is -0.361 e. The SMILES string of the molecule is CCc1cccc(CN2CC(=O)N(c3cnn(Cc4c(C)noc4C)c3)C2=O)n1. The molecule has 1 aliphatic rings. The van der Waals surface area contributed by atoms with E-state index in [1.54, 1.807) is 10.9 Å². The summed E-state index contributed by atoms with van der Waals surface area (Å²) in [5.41, 5.74) is 3.90. The van der Waals surface area contributed by atoms with Crippen molar-refractivity contribution < 1.29 is 14.1 Å². The predicted octanol–water partition coefficient (Wildman–Crippen LogP) is 2.46. The molecule has 150 valence electrons. The number of amides is 3. The molecule has 4 heterocycles. The van der Waals surface area contributed by atoms with Gasteiger partial charge in [0.25, 0.3) is 5.91 Å². The van der Waals surface area contributed by atoms with Crippen molar-refractivity contribution >= 4 is 17.6 Å². The van der Waals surface area contributed by atoms with Gasteiger partial charge >= 0.3 is 6.03 Å². The van der Waals surface area contributed by atoms with Gasteiger partial charge in [-0.2, -0.15) is 5.10 Å². The highest BCUT2D eigenvalue weighted by atomic mass is 16.5. The number of carbonyl (C=O) groups excluding carboxylic acids is 2. The molecule has 0 spiro atoms. The first kappa shape index (κ1) is 18.9. The van der Waals surface area contributed by atoms with Crippen LogP contribution in [-0.4, -0.2) is 43.3 Å². The average Bonchev–Trinajstić information content (AvgIpc) is 3.37. The highest BCUT2D eigenvalue weighted by molar-refractivity contribution is 6.19. The van der Waals surface area contributed by atoms with Crippen LogP contribution in [0.4, 0.5) is 10.5 Å². The lowest BCUT2D eigenvalue weighted by atomic mass is 10.2. The predicted molar refractivity (Wildman–Crippen MR) is 104 cm³/mol. The summed E-state index contributed by atoms with van der Waals surface area (Å²) >= 11 is 0. The van der Waals surface area contributed by atoms with E-state index in [4.69, 9.17) is 4.52 Å². The molecule has 3 amide bonds. The third kappa shape index (κ3) is 3.63. The molecule has 9 nitrogen and oxygen atoms in total. The number of imide groups is 1. The van der Waals surface area contributed by atoms with Gasteiger partial charge in [0.1, 0.15) is 12.3 Å². The highest BCUT2D eigenvalue weighted by Crippen LogP contribution is 2.23. The second-order valence-electron chi connectivity index (χ2n) is 7.04. The number of aryl methyl sites for hydroxylation is 3. The fourth-order valence-corrected chi connectivity index (χ4v) is 3.38. The summed E-state index contributed by atoms with van der Waals surface area (Å²) in [6.07, 6.45) is 4.02. The molecule has 1 aliphatic heterocycles. The lowest BCUT2D eigenvalue weighted by Gasteiger charge is -2.15. The zero-order valence-electron chi connectivity index (χ0n) is 16.6. The monoisotopic (exact) mass is 394 g/mol. The standard InChI is InChI=1S/C20H22N6O3/c1-4-15-6-5-7-16(22-15)9-24-12-19(27)26(20(24)28)17-8-21-25(10-17)11-18-13(2)23-29-14(18)3/h5-8,10H,4,9,11-12H2,1-3H3. The number of urea groups is 1. The van der Waals surface area contributed by atoms with E-state index in [1.165, 1.54) is 16.0 Å². The maximum absolute atomic E-state index is 12.9. The Kier molecular flexibility index (Phi) is 4.87. The number of rotatable bonds is 6. The molecule has 0 radical (unpaired) electrons. The maximum atomic E-state index is 12.9. The summed E-state index contributed by atoms with van der Waals surface area (Å²) in [7, 11) is 0. The quantitative estimate of drug-likeness (QED) is 0.596. The van der Waals surface area contributed by atoms with Crippen molar-refractivity contribution in [1.29, 1.82) is 0 Å². The van der Waals surface area contributed by atoms with Crippen LogP contribution in [0.5, 0.6) is 0 Å². The van der Waals surface area contributed by atoms with Crippen molar-refractivity contribution in [3.8, 4) is 0 Å². The molecule has 29 heavy (non-hydrogen) atoms. The highest BCUT2D eigenvalue weighted by Gasteiger charge is 2.38. The molecule has 3 aromatic heterocycles. The van der Waals surface area contributed by atoms with Crippen LogP contribution >= 0.6 is 0 Å². The Morgan fingerprint density at radius 3 is 2.66 bits per heavy atom. The van der Waals surface area contributed by atoms with E-state index >= 15 is 0 Å². The van der Waals surface area contributed by atoms with Crippen molar-refractivity contribution in [3.05, 3.63) is 59.0 Å². The van der Waals surface area contributed by atoms with E-state index in [2.05, 4.69) is 15.2 Å². The summed E-state index contributed by atoms with van der Waals surface area (Å²) in [6.45, 7) is 6.50. The normalized spacial score (nSPS) is 14.3. The van der Waals surface area contributed by atoms with Gasteiger partial charge in [0.2, 0.25) is 0 Å². The van der Waals surface area contributed by atoms with Crippen LogP contribution in [-0.2, 0) is 24.3 Å². The zero-order chi connectivity index (χ0) is 20.5. The Bertz CT molecular complexity index is 1050. The molecule has 0 aromatic carbocycles. The molecule has 0 unspecified atom stereocenters. The topological polar surface area (TPSA) is 97.4 Å².